The van der Waals surface area contributed by atoms with Gasteiger partial charge in [-0.25, -0.2) is 0 Å². The molecule has 1 heterocycles. The summed E-state index contributed by atoms with van der Waals surface area (Å²) >= 11 is 0. The van der Waals surface area contributed by atoms with Gasteiger partial charge in [0.25, 0.3) is 0 Å². The van der Waals surface area contributed by atoms with E-state index < -0.39 is 0 Å². The van der Waals surface area contributed by atoms with E-state index in [4.69, 9.17) is 0 Å². The van der Waals surface area contributed by atoms with Crippen molar-refractivity contribution in [3.63, 3.8) is 0 Å². The SMILES string of the molecule is Cc1ccc(/C=C/Cn2nc3ccccc3n2)cc1. The highest BCUT2D eigenvalue weighted by Gasteiger charge is 1.98. The molecular formula is C16H15N3. The largest absolute Gasteiger partial charge is 0.180 e. The second kappa shape index (κ2) is 5.06. The van der Waals surface area contributed by atoms with Crippen molar-refractivity contribution in [1.82, 2.24) is 15.0 Å². The summed E-state index contributed by atoms with van der Waals surface area (Å²) in [6.45, 7) is 2.77. The van der Waals surface area contributed by atoms with Gasteiger partial charge in [-0.15, -0.1) is 0 Å². The summed E-state index contributed by atoms with van der Waals surface area (Å²) in [5, 5.41) is 8.82. The summed E-state index contributed by atoms with van der Waals surface area (Å²) in [6.07, 6.45) is 4.16. The van der Waals surface area contributed by atoms with Gasteiger partial charge in [-0.2, -0.15) is 15.0 Å². The Kier molecular flexibility index (Phi) is 3.11. The third-order valence-corrected chi connectivity index (χ3v) is 2.98. The smallest absolute Gasteiger partial charge is 0.113 e. The second-order valence-electron chi connectivity index (χ2n) is 4.56. The van der Waals surface area contributed by atoms with E-state index in [1.807, 2.05) is 24.3 Å². The maximum Gasteiger partial charge on any atom is 0.113 e. The number of nitrogens with zero attached hydrogens (tertiary/aromatic N) is 3. The number of fused-ring (bicyclic) bond motifs is 1. The van der Waals surface area contributed by atoms with Crippen LogP contribution in [0.15, 0.2) is 54.6 Å². The molecule has 3 heteroatoms. The fourth-order valence-corrected chi connectivity index (χ4v) is 1.95. The van der Waals surface area contributed by atoms with Crippen LogP contribution in [0.2, 0.25) is 0 Å². The zero-order valence-electron chi connectivity index (χ0n) is 10.8. The fourth-order valence-electron chi connectivity index (χ4n) is 1.95. The minimum absolute atomic E-state index is 0.683. The van der Waals surface area contributed by atoms with E-state index in [1.165, 1.54) is 11.1 Å². The van der Waals surface area contributed by atoms with Gasteiger partial charge in [-0.1, -0.05) is 54.1 Å². The monoisotopic (exact) mass is 249 g/mol. The van der Waals surface area contributed by atoms with Crippen LogP contribution in [0, 0.1) is 6.92 Å². The molecule has 0 bridgehead atoms. The molecule has 0 saturated carbocycles. The average molecular weight is 249 g/mol. The van der Waals surface area contributed by atoms with Crippen molar-refractivity contribution in [2.75, 3.05) is 0 Å². The molecular weight excluding hydrogens is 234 g/mol. The number of aryl methyl sites for hydroxylation is 1. The van der Waals surface area contributed by atoms with E-state index >= 15 is 0 Å². The lowest BCUT2D eigenvalue weighted by atomic mass is 10.1. The first kappa shape index (κ1) is 11.7. The van der Waals surface area contributed by atoms with Crippen LogP contribution in [0.1, 0.15) is 11.1 Å². The van der Waals surface area contributed by atoms with E-state index in [-0.39, 0.29) is 0 Å². The molecule has 3 nitrogen and oxygen atoms in total. The summed E-state index contributed by atoms with van der Waals surface area (Å²) < 4.78 is 0. The van der Waals surface area contributed by atoms with Crippen LogP contribution in [-0.2, 0) is 6.54 Å². The number of rotatable bonds is 3. The molecule has 0 aliphatic rings. The molecule has 0 spiro atoms. The highest BCUT2D eigenvalue weighted by Crippen LogP contribution is 2.08. The van der Waals surface area contributed by atoms with Crippen LogP contribution >= 0.6 is 0 Å². The molecule has 3 rings (SSSR count). The van der Waals surface area contributed by atoms with Crippen molar-refractivity contribution in [3.8, 4) is 0 Å². The van der Waals surface area contributed by atoms with Crippen LogP contribution in [0.3, 0.4) is 0 Å². The minimum atomic E-state index is 0.683. The first-order valence-electron chi connectivity index (χ1n) is 6.34. The van der Waals surface area contributed by atoms with E-state index in [0.717, 1.165) is 11.0 Å². The van der Waals surface area contributed by atoms with Gasteiger partial charge in [0.15, 0.2) is 0 Å². The van der Waals surface area contributed by atoms with E-state index in [9.17, 15) is 0 Å². The zero-order valence-corrected chi connectivity index (χ0v) is 10.8. The highest BCUT2D eigenvalue weighted by atomic mass is 15.5. The molecule has 0 unspecified atom stereocenters. The Labute approximate surface area is 112 Å². The van der Waals surface area contributed by atoms with Crippen molar-refractivity contribution in [3.05, 3.63) is 65.7 Å². The molecule has 0 aliphatic carbocycles. The minimum Gasteiger partial charge on any atom is -0.180 e. The third kappa shape index (κ3) is 2.71. The Bertz CT molecular complexity index is 675. The quantitative estimate of drug-likeness (QED) is 0.711. The van der Waals surface area contributed by atoms with Crippen LogP contribution in [0.25, 0.3) is 17.1 Å². The van der Waals surface area contributed by atoms with E-state index in [0.29, 0.717) is 6.54 Å². The normalized spacial score (nSPS) is 11.4. The summed E-state index contributed by atoms with van der Waals surface area (Å²) in [5.41, 5.74) is 4.34. The topological polar surface area (TPSA) is 30.7 Å². The number of allylic oxidation sites excluding steroid dienone is 1. The van der Waals surface area contributed by atoms with E-state index in [2.05, 4.69) is 53.5 Å². The van der Waals surface area contributed by atoms with Gasteiger partial charge in [-0.3, -0.25) is 0 Å². The third-order valence-electron chi connectivity index (χ3n) is 2.98. The lowest BCUT2D eigenvalue weighted by Crippen LogP contribution is -1.99. The van der Waals surface area contributed by atoms with Gasteiger partial charge >= 0.3 is 0 Å². The van der Waals surface area contributed by atoms with Crippen molar-refractivity contribution < 1.29 is 0 Å². The van der Waals surface area contributed by atoms with Gasteiger partial charge in [-0.05, 0) is 24.6 Å². The molecule has 3 aromatic rings. The van der Waals surface area contributed by atoms with Gasteiger partial charge < -0.3 is 0 Å². The first-order chi connectivity index (χ1) is 9.31. The second-order valence-corrected chi connectivity index (χ2v) is 4.56. The molecule has 94 valence electrons. The molecule has 0 aliphatic heterocycles. The van der Waals surface area contributed by atoms with Gasteiger partial charge in [0.05, 0.1) is 6.54 Å². The van der Waals surface area contributed by atoms with Gasteiger partial charge in [0.2, 0.25) is 0 Å². The van der Waals surface area contributed by atoms with Crippen molar-refractivity contribution in [2.45, 2.75) is 13.5 Å². The molecule has 0 amide bonds. The standard InChI is InChI=1S/C16H15N3/c1-13-8-10-14(11-9-13)5-4-12-19-17-15-6-2-3-7-16(15)18-19/h2-11H,12H2,1H3/b5-4+. The maximum atomic E-state index is 4.41. The Hall–Kier alpha value is -2.42. The molecule has 0 N–H and O–H groups in total. The molecule has 2 aromatic carbocycles. The molecule has 0 fully saturated rings. The number of hydrogen-bond donors (Lipinski definition) is 0. The van der Waals surface area contributed by atoms with Crippen LogP contribution < -0.4 is 0 Å². The molecule has 0 atom stereocenters. The fraction of sp³-hybridized carbons (Fsp3) is 0.125. The Balaban J connectivity index is 1.73. The summed E-state index contributed by atoms with van der Waals surface area (Å²) in [6, 6.07) is 16.3. The summed E-state index contributed by atoms with van der Waals surface area (Å²) in [5.74, 6) is 0. The molecule has 0 radical (unpaired) electrons. The lowest BCUT2D eigenvalue weighted by Gasteiger charge is -1.95. The van der Waals surface area contributed by atoms with Crippen LogP contribution in [0.4, 0.5) is 0 Å². The van der Waals surface area contributed by atoms with Crippen molar-refractivity contribution in [1.29, 1.82) is 0 Å². The van der Waals surface area contributed by atoms with Crippen molar-refractivity contribution >= 4 is 17.1 Å². The number of hydrogen-bond acceptors (Lipinski definition) is 2. The summed E-state index contributed by atoms with van der Waals surface area (Å²) in [7, 11) is 0. The predicted octanol–water partition coefficient (Wildman–Crippen LogP) is 3.45. The molecule has 0 saturated heterocycles. The maximum absolute atomic E-state index is 4.41. The Morgan fingerprint density at radius 1 is 0.947 bits per heavy atom. The number of aromatic nitrogens is 3. The Morgan fingerprint density at radius 2 is 1.58 bits per heavy atom. The molecule has 1 aromatic heterocycles. The zero-order chi connectivity index (χ0) is 13.1. The van der Waals surface area contributed by atoms with Gasteiger partial charge in [0, 0.05) is 0 Å². The first-order valence-corrected chi connectivity index (χ1v) is 6.34. The molecule has 19 heavy (non-hydrogen) atoms. The predicted molar refractivity (Wildman–Crippen MR) is 77.7 cm³/mol. The van der Waals surface area contributed by atoms with Crippen LogP contribution in [0.5, 0.6) is 0 Å². The lowest BCUT2D eigenvalue weighted by molar-refractivity contribution is 0.613. The van der Waals surface area contributed by atoms with Crippen molar-refractivity contribution in [2.24, 2.45) is 0 Å². The van der Waals surface area contributed by atoms with Gasteiger partial charge in [0.1, 0.15) is 11.0 Å². The highest BCUT2D eigenvalue weighted by molar-refractivity contribution is 5.72. The average Bonchev–Trinajstić information content (AvgIpc) is 2.83. The van der Waals surface area contributed by atoms with E-state index in [1.54, 1.807) is 4.80 Å². The Morgan fingerprint density at radius 3 is 2.21 bits per heavy atom. The van der Waals surface area contributed by atoms with Crippen LogP contribution in [-0.4, -0.2) is 15.0 Å². The summed E-state index contributed by atoms with van der Waals surface area (Å²) in [4.78, 5) is 1.72. The number of benzene rings is 2.